The summed E-state index contributed by atoms with van der Waals surface area (Å²) in [4.78, 5) is 23.6. The number of hydrogen-bond donors (Lipinski definition) is 1. The quantitative estimate of drug-likeness (QED) is 0.228. The first-order chi connectivity index (χ1) is 15.0. The highest BCUT2D eigenvalue weighted by atomic mass is 35.5. The molecule has 1 aromatic heterocycles. The van der Waals surface area contributed by atoms with Crippen LogP contribution in [0.1, 0.15) is 15.9 Å². The van der Waals surface area contributed by atoms with E-state index in [2.05, 4.69) is 10.5 Å². The van der Waals surface area contributed by atoms with Gasteiger partial charge in [-0.25, -0.2) is 0 Å². The smallest absolute Gasteiger partial charge is 0.271 e. The third-order valence-electron chi connectivity index (χ3n) is 4.59. The molecule has 0 atom stereocenters. The molecule has 4 aromatic rings. The number of rotatable bonds is 5. The zero-order valence-electron chi connectivity index (χ0n) is 15.8. The number of nitro groups is 1. The van der Waals surface area contributed by atoms with E-state index in [0.29, 0.717) is 27.4 Å². The van der Waals surface area contributed by atoms with Crippen LogP contribution in [0.15, 0.2) is 77.9 Å². The van der Waals surface area contributed by atoms with Gasteiger partial charge in [0.15, 0.2) is 0 Å². The van der Waals surface area contributed by atoms with E-state index in [-0.39, 0.29) is 16.7 Å². The van der Waals surface area contributed by atoms with Crippen LogP contribution in [0, 0.1) is 10.1 Å². The lowest BCUT2D eigenvalue weighted by Crippen LogP contribution is -2.12. The molecular formula is C22H14Cl2N4O3. The summed E-state index contributed by atoms with van der Waals surface area (Å²) in [5, 5.41) is 16.5. The standard InChI is InChI=1S/C22H14Cl2N4O3/c23-15-10-8-14(9-11-15)22(29)27-20-7-2-1-6-18(20)19(21(27)24)13-25-26-16-4-3-5-17(12-16)28(30)31/h1-13,26H. The highest BCUT2D eigenvalue weighted by Gasteiger charge is 2.20. The summed E-state index contributed by atoms with van der Waals surface area (Å²) in [7, 11) is 0. The number of nitro benzene ring substituents is 1. The van der Waals surface area contributed by atoms with Crippen molar-refractivity contribution in [1.29, 1.82) is 0 Å². The number of para-hydroxylation sites is 1. The number of benzene rings is 3. The van der Waals surface area contributed by atoms with Crippen LogP contribution in [0.5, 0.6) is 0 Å². The number of aromatic nitrogens is 1. The van der Waals surface area contributed by atoms with Crippen molar-refractivity contribution in [3.8, 4) is 0 Å². The molecular weight excluding hydrogens is 439 g/mol. The van der Waals surface area contributed by atoms with Crippen molar-refractivity contribution in [2.45, 2.75) is 0 Å². The average molecular weight is 453 g/mol. The van der Waals surface area contributed by atoms with Crippen LogP contribution in [0.2, 0.25) is 10.2 Å². The van der Waals surface area contributed by atoms with Gasteiger partial charge in [0.2, 0.25) is 0 Å². The topological polar surface area (TPSA) is 89.5 Å². The Bertz CT molecular complexity index is 1330. The second kappa shape index (κ2) is 8.59. The van der Waals surface area contributed by atoms with Crippen molar-refractivity contribution in [2.24, 2.45) is 5.10 Å². The van der Waals surface area contributed by atoms with Gasteiger partial charge in [-0.1, -0.05) is 47.5 Å². The van der Waals surface area contributed by atoms with E-state index in [4.69, 9.17) is 23.2 Å². The van der Waals surface area contributed by atoms with Crippen LogP contribution < -0.4 is 5.43 Å². The maximum absolute atomic E-state index is 13.1. The number of nitrogens with zero attached hydrogens (tertiary/aromatic N) is 3. The Morgan fingerprint density at radius 2 is 1.77 bits per heavy atom. The SMILES string of the molecule is O=C(c1ccc(Cl)cc1)n1c(Cl)c(C=NNc2cccc([N+](=O)[O-])c2)c2ccccc21. The number of carbonyl (C=O) groups is 1. The number of halogens is 2. The van der Waals surface area contributed by atoms with Crippen LogP contribution in [0.25, 0.3) is 10.9 Å². The third kappa shape index (κ3) is 4.14. The van der Waals surface area contributed by atoms with Crippen molar-refractivity contribution in [2.75, 3.05) is 5.43 Å². The summed E-state index contributed by atoms with van der Waals surface area (Å²) in [6, 6.07) is 19.8. The molecule has 3 aromatic carbocycles. The summed E-state index contributed by atoms with van der Waals surface area (Å²) >= 11 is 12.5. The molecule has 0 saturated carbocycles. The fraction of sp³-hybridized carbons (Fsp3) is 0. The van der Waals surface area contributed by atoms with Crippen LogP contribution in [-0.2, 0) is 0 Å². The van der Waals surface area contributed by atoms with Gasteiger partial charge in [0.05, 0.1) is 22.3 Å². The average Bonchev–Trinajstić information content (AvgIpc) is 3.05. The monoisotopic (exact) mass is 452 g/mol. The Hall–Kier alpha value is -3.68. The molecule has 0 unspecified atom stereocenters. The number of hydrogen-bond acceptors (Lipinski definition) is 5. The summed E-state index contributed by atoms with van der Waals surface area (Å²) < 4.78 is 1.41. The molecule has 0 aliphatic heterocycles. The van der Waals surface area contributed by atoms with Crippen LogP contribution >= 0.6 is 23.2 Å². The lowest BCUT2D eigenvalue weighted by molar-refractivity contribution is -0.384. The van der Waals surface area contributed by atoms with Crippen LogP contribution in [0.4, 0.5) is 11.4 Å². The van der Waals surface area contributed by atoms with Crippen molar-refractivity contribution in [1.82, 2.24) is 4.57 Å². The molecule has 0 bridgehead atoms. The van der Waals surface area contributed by atoms with E-state index >= 15 is 0 Å². The predicted molar refractivity (Wildman–Crippen MR) is 122 cm³/mol. The molecule has 0 aliphatic rings. The first kappa shape index (κ1) is 20.6. The van der Waals surface area contributed by atoms with Gasteiger partial charge in [-0.3, -0.25) is 24.9 Å². The first-order valence-corrected chi connectivity index (χ1v) is 9.84. The number of hydrazone groups is 1. The van der Waals surface area contributed by atoms with Crippen molar-refractivity contribution in [3.05, 3.63) is 104 Å². The minimum absolute atomic E-state index is 0.0524. The highest BCUT2D eigenvalue weighted by molar-refractivity contribution is 6.36. The molecule has 4 rings (SSSR count). The zero-order valence-corrected chi connectivity index (χ0v) is 17.3. The predicted octanol–water partition coefficient (Wildman–Crippen LogP) is 5.99. The fourth-order valence-corrected chi connectivity index (χ4v) is 3.58. The summed E-state index contributed by atoms with van der Waals surface area (Å²) in [6.45, 7) is 0. The number of nitrogens with one attached hydrogen (secondary N) is 1. The first-order valence-electron chi connectivity index (χ1n) is 9.08. The molecule has 1 heterocycles. The molecule has 0 saturated heterocycles. The summed E-state index contributed by atoms with van der Waals surface area (Å²) in [5.41, 5.74) is 4.75. The van der Waals surface area contributed by atoms with E-state index < -0.39 is 4.92 Å². The Morgan fingerprint density at radius 3 is 2.52 bits per heavy atom. The molecule has 31 heavy (non-hydrogen) atoms. The number of fused-ring (bicyclic) bond motifs is 1. The molecule has 0 radical (unpaired) electrons. The van der Waals surface area contributed by atoms with Crippen molar-refractivity contribution < 1.29 is 9.72 Å². The highest BCUT2D eigenvalue weighted by Crippen LogP contribution is 2.30. The molecule has 1 N–H and O–H groups in total. The number of non-ortho nitro benzene ring substituents is 1. The van der Waals surface area contributed by atoms with E-state index in [0.717, 1.165) is 5.39 Å². The fourth-order valence-electron chi connectivity index (χ4n) is 3.14. The zero-order chi connectivity index (χ0) is 22.0. The molecule has 154 valence electrons. The van der Waals surface area contributed by atoms with E-state index in [1.807, 2.05) is 18.2 Å². The van der Waals surface area contributed by atoms with E-state index in [9.17, 15) is 14.9 Å². The number of anilines is 1. The normalized spacial score (nSPS) is 11.2. The largest absolute Gasteiger partial charge is 0.278 e. The van der Waals surface area contributed by atoms with Gasteiger partial charge in [0, 0.05) is 33.7 Å². The van der Waals surface area contributed by atoms with E-state index in [1.165, 1.54) is 22.9 Å². The minimum atomic E-state index is -0.484. The minimum Gasteiger partial charge on any atom is -0.278 e. The lowest BCUT2D eigenvalue weighted by Gasteiger charge is -2.06. The lowest BCUT2D eigenvalue weighted by atomic mass is 10.2. The van der Waals surface area contributed by atoms with Crippen LogP contribution in [-0.4, -0.2) is 21.6 Å². The van der Waals surface area contributed by atoms with Gasteiger partial charge in [-0.15, -0.1) is 0 Å². The van der Waals surface area contributed by atoms with Gasteiger partial charge in [0.1, 0.15) is 5.15 Å². The van der Waals surface area contributed by atoms with Crippen LogP contribution in [0.3, 0.4) is 0 Å². The third-order valence-corrected chi connectivity index (χ3v) is 5.22. The summed E-state index contributed by atoms with van der Waals surface area (Å²) in [6.07, 6.45) is 1.48. The molecule has 0 spiro atoms. The van der Waals surface area contributed by atoms with Gasteiger partial charge in [0.25, 0.3) is 11.6 Å². The molecule has 0 amide bonds. The second-order valence-electron chi connectivity index (χ2n) is 6.55. The van der Waals surface area contributed by atoms with Gasteiger partial charge in [-0.2, -0.15) is 5.10 Å². The number of carbonyl (C=O) groups excluding carboxylic acids is 1. The van der Waals surface area contributed by atoms with Gasteiger partial charge >= 0.3 is 0 Å². The second-order valence-corrected chi connectivity index (χ2v) is 7.34. The summed E-state index contributed by atoms with van der Waals surface area (Å²) in [5.74, 6) is -0.302. The molecule has 0 fully saturated rings. The van der Waals surface area contributed by atoms with E-state index in [1.54, 1.807) is 42.5 Å². The van der Waals surface area contributed by atoms with Gasteiger partial charge < -0.3 is 0 Å². The van der Waals surface area contributed by atoms with Crippen molar-refractivity contribution >= 4 is 57.6 Å². The van der Waals surface area contributed by atoms with Crippen molar-refractivity contribution in [3.63, 3.8) is 0 Å². The molecule has 9 heteroatoms. The Labute approximate surface area is 186 Å². The molecule has 7 nitrogen and oxygen atoms in total. The Kier molecular flexibility index (Phi) is 5.70. The van der Waals surface area contributed by atoms with Gasteiger partial charge in [-0.05, 0) is 36.4 Å². The maximum Gasteiger partial charge on any atom is 0.271 e. The maximum atomic E-state index is 13.1. The molecule has 0 aliphatic carbocycles. The Balaban J connectivity index is 1.70. The Morgan fingerprint density at radius 1 is 1.03 bits per heavy atom.